The highest BCUT2D eigenvalue weighted by Crippen LogP contribution is 2.25. The molecule has 110 valence electrons. The maximum Gasteiger partial charge on any atom is 0.328 e. The largest absolute Gasteiger partial charge is 0.467 e. The molecule has 0 aliphatic carbocycles. The molecule has 1 N–H and O–H groups in total. The Labute approximate surface area is 131 Å². The van der Waals surface area contributed by atoms with Crippen molar-refractivity contribution >= 4 is 39.9 Å². The number of benzene rings is 1. The molecule has 1 rings (SSSR count). The van der Waals surface area contributed by atoms with Crippen molar-refractivity contribution in [2.24, 2.45) is 5.92 Å². The van der Waals surface area contributed by atoms with E-state index in [2.05, 4.69) is 5.32 Å². The van der Waals surface area contributed by atoms with Crippen LogP contribution < -0.4 is 5.32 Å². The van der Waals surface area contributed by atoms with Gasteiger partial charge in [-0.15, -0.1) is 0 Å². The molecule has 0 amide bonds. The van der Waals surface area contributed by atoms with Gasteiger partial charge in [-0.1, -0.05) is 13.8 Å². The van der Waals surface area contributed by atoms with Crippen LogP contribution in [-0.2, 0) is 9.53 Å². The molecule has 0 aliphatic rings. The van der Waals surface area contributed by atoms with E-state index in [0.29, 0.717) is 21.6 Å². The Balaban J connectivity index is 2.91. The molecule has 0 saturated heterocycles. The van der Waals surface area contributed by atoms with Crippen LogP contribution in [0.2, 0.25) is 0 Å². The van der Waals surface area contributed by atoms with Gasteiger partial charge >= 0.3 is 5.97 Å². The van der Waals surface area contributed by atoms with Gasteiger partial charge in [0, 0.05) is 11.8 Å². The zero-order valence-corrected chi connectivity index (χ0v) is 13.7. The van der Waals surface area contributed by atoms with Crippen molar-refractivity contribution in [1.29, 1.82) is 0 Å². The third kappa shape index (κ3) is 4.62. The average Bonchev–Trinajstić information content (AvgIpc) is 2.36. The van der Waals surface area contributed by atoms with E-state index in [0.717, 1.165) is 0 Å². The molecule has 1 aromatic carbocycles. The van der Waals surface area contributed by atoms with Gasteiger partial charge in [-0.05, 0) is 47.1 Å². The monoisotopic (exact) mass is 392 g/mol. The lowest BCUT2D eigenvalue weighted by atomic mass is 10.0. The molecule has 0 fully saturated rings. The predicted octanol–water partition coefficient (Wildman–Crippen LogP) is 3.20. The number of rotatable bonds is 6. The zero-order valence-electron chi connectivity index (χ0n) is 11.6. The van der Waals surface area contributed by atoms with Crippen LogP contribution in [0, 0.1) is 19.6 Å². The van der Waals surface area contributed by atoms with Gasteiger partial charge in [-0.2, -0.15) is 0 Å². The minimum Gasteiger partial charge on any atom is -0.467 e. The molecule has 0 bridgehead atoms. The molecule has 1 unspecified atom stereocenters. The minimum atomic E-state index is -0.461. The average molecular weight is 392 g/mol. The molecule has 7 heteroatoms. The summed E-state index contributed by atoms with van der Waals surface area (Å²) in [6.45, 7) is 4.02. The van der Waals surface area contributed by atoms with E-state index in [1.807, 2.05) is 36.4 Å². The number of nitro benzene ring substituents is 1. The van der Waals surface area contributed by atoms with E-state index in [1.165, 1.54) is 13.2 Å². The summed E-state index contributed by atoms with van der Waals surface area (Å²) in [4.78, 5) is 22.0. The molecular weight excluding hydrogens is 375 g/mol. The molecule has 0 heterocycles. The smallest absolute Gasteiger partial charge is 0.328 e. The number of nitrogens with zero attached hydrogens (tertiary/aromatic N) is 1. The van der Waals surface area contributed by atoms with Crippen molar-refractivity contribution in [3.63, 3.8) is 0 Å². The fraction of sp³-hybridized carbons (Fsp3) is 0.462. The Morgan fingerprint density at radius 2 is 2.15 bits per heavy atom. The van der Waals surface area contributed by atoms with E-state index in [9.17, 15) is 14.9 Å². The Morgan fingerprint density at radius 3 is 2.60 bits per heavy atom. The molecule has 0 aliphatic heterocycles. The number of hydrogen-bond acceptors (Lipinski definition) is 5. The molecule has 0 radical (unpaired) electrons. The summed E-state index contributed by atoms with van der Waals surface area (Å²) in [5, 5.41) is 13.8. The first-order valence-electron chi connectivity index (χ1n) is 6.13. The molecule has 20 heavy (non-hydrogen) atoms. The Bertz CT molecular complexity index is 505. The highest BCUT2D eigenvalue weighted by Gasteiger charge is 2.21. The van der Waals surface area contributed by atoms with Crippen LogP contribution in [0.15, 0.2) is 18.2 Å². The van der Waals surface area contributed by atoms with Crippen LogP contribution in [0.4, 0.5) is 11.4 Å². The number of carbonyl (C=O) groups is 1. The van der Waals surface area contributed by atoms with E-state index >= 15 is 0 Å². The van der Waals surface area contributed by atoms with Crippen LogP contribution in [-0.4, -0.2) is 24.0 Å². The van der Waals surface area contributed by atoms with Gasteiger partial charge in [0.15, 0.2) is 0 Å². The van der Waals surface area contributed by atoms with E-state index in [4.69, 9.17) is 4.74 Å². The summed E-state index contributed by atoms with van der Waals surface area (Å²) in [5.74, 6) is -0.0178. The first-order chi connectivity index (χ1) is 9.35. The number of esters is 1. The second-order valence-corrected chi connectivity index (χ2v) is 5.94. The van der Waals surface area contributed by atoms with Crippen molar-refractivity contribution < 1.29 is 14.5 Å². The van der Waals surface area contributed by atoms with Crippen LogP contribution in [0.3, 0.4) is 0 Å². The summed E-state index contributed by atoms with van der Waals surface area (Å²) in [5.41, 5.74) is 0.714. The first kappa shape index (κ1) is 16.7. The normalized spacial score (nSPS) is 12.1. The van der Waals surface area contributed by atoms with Crippen molar-refractivity contribution in [2.45, 2.75) is 26.3 Å². The summed E-state index contributed by atoms with van der Waals surface area (Å²) < 4.78 is 5.29. The first-order valence-corrected chi connectivity index (χ1v) is 7.21. The molecular formula is C13H17IN2O4. The molecule has 0 saturated carbocycles. The number of nitro groups is 1. The van der Waals surface area contributed by atoms with Crippen LogP contribution in [0.1, 0.15) is 20.3 Å². The standard InChI is InChI=1S/C13H17IN2O4/c1-8(2)6-11(13(17)20-3)15-9-4-5-12(16(18)19)10(14)7-9/h4-5,7-8,11,15H,6H2,1-3H3. The van der Waals surface area contributed by atoms with Crippen LogP contribution in [0.25, 0.3) is 0 Å². The topological polar surface area (TPSA) is 81.5 Å². The van der Waals surface area contributed by atoms with Gasteiger partial charge in [0.25, 0.3) is 5.69 Å². The SMILES string of the molecule is COC(=O)C(CC(C)C)Nc1ccc([N+](=O)[O-])c(I)c1. The lowest BCUT2D eigenvalue weighted by molar-refractivity contribution is -0.385. The molecule has 0 spiro atoms. The Kier molecular flexibility index (Phi) is 6.18. The molecule has 1 atom stereocenters. The third-order valence-electron chi connectivity index (χ3n) is 2.68. The van der Waals surface area contributed by atoms with Crippen molar-refractivity contribution in [2.75, 3.05) is 12.4 Å². The lowest BCUT2D eigenvalue weighted by Gasteiger charge is -2.19. The maximum atomic E-state index is 11.7. The van der Waals surface area contributed by atoms with Gasteiger partial charge < -0.3 is 10.1 Å². The molecule has 1 aromatic rings. The van der Waals surface area contributed by atoms with Gasteiger partial charge in [-0.25, -0.2) is 4.79 Å². The second kappa shape index (κ2) is 7.41. The van der Waals surface area contributed by atoms with Crippen LogP contribution in [0.5, 0.6) is 0 Å². The number of anilines is 1. The Hall–Kier alpha value is -1.38. The zero-order chi connectivity index (χ0) is 15.3. The summed E-state index contributed by atoms with van der Waals surface area (Å²) in [7, 11) is 1.34. The summed E-state index contributed by atoms with van der Waals surface area (Å²) in [6.07, 6.45) is 0.625. The van der Waals surface area contributed by atoms with Crippen molar-refractivity contribution in [3.05, 3.63) is 31.9 Å². The highest BCUT2D eigenvalue weighted by molar-refractivity contribution is 14.1. The quantitative estimate of drug-likeness (QED) is 0.348. The lowest BCUT2D eigenvalue weighted by Crippen LogP contribution is -2.32. The summed E-state index contributed by atoms with van der Waals surface area (Å²) in [6, 6.07) is 4.21. The molecule has 0 aromatic heterocycles. The number of ether oxygens (including phenoxy) is 1. The van der Waals surface area contributed by atoms with Crippen molar-refractivity contribution in [1.82, 2.24) is 0 Å². The fourth-order valence-electron chi connectivity index (χ4n) is 1.77. The maximum absolute atomic E-state index is 11.7. The number of halogens is 1. The van der Waals surface area contributed by atoms with Gasteiger partial charge in [0.05, 0.1) is 15.6 Å². The van der Waals surface area contributed by atoms with Gasteiger partial charge in [0.1, 0.15) is 6.04 Å². The number of nitrogens with one attached hydrogen (secondary N) is 1. The van der Waals surface area contributed by atoms with E-state index in [1.54, 1.807) is 12.1 Å². The number of methoxy groups -OCH3 is 1. The predicted molar refractivity (Wildman–Crippen MR) is 84.7 cm³/mol. The third-order valence-corrected chi connectivity index (χ3v) is 3.54. The van der Waals surface area contributed by atoms with Gasteiger partial charge in [0.2, 0.25) is 0 Å². The fourth-order valence-corrected chi connectivity index (χ4v) is 2.49. The number of hydrogen-bond donors (Lipinski definition) is 1. The van der Waals surface area contributed by atoms with E-state index in [-0.39, 0.29) is 11.7 Å². The Morgan fingerprint density at radius 1 is 1.50 bits per heavy atom. The van der Waals surface area contributed by atoms with Crippen molar-refractivity contribution in [3.8, 4) is 0 Å². The van der Waals surface area contributed by atoms with Crippen LogP contribution >= 0.6 is 22.6 Å². The second-order valence-electron chi connectivity index (χ2n) is 4.77. The summed E-state index contributed by atoms with van der Waals surface area (Å²) >= 11 is 1.90. The van der Waals surface area contributed by atoms with E-state index < -0.39 is 11.0 Å². The number of carbonyl (C=O) groups excluding carboxylic acids is 1. The highest BCUT2D eigenvalue weighted by atomic mass is 127. The minimum absolute atomic E-state index is 0.0506. The van der Waals surface area contributed by atoms with Gasteiger partial charge in [-0.3, -0.25) is 10.1 Å². The molecule has 6 nitrogen and oxygen atoms in total.